The number of aliphatic hydroxyl groups is 1. The van der Waals surface area contributed by atoms with E-state index >= 15 is 0 Å². The second-order valence-corrected chi connectivity index (χ2v) is 6.61. The highest BCUT2D eigenvalue weighted by atomic mass is 16.5. The van der Waals surface area contributed by atoms with Crippen LogP contribution in [0.2, 0.25) is 0 Å². The van der Waals surface area contributed by atoms with Gasteiger partial charge in [0.1, 0.15) is 11.5 Å². The molecule has 0 aliphatic carbocycles. The fraction of sp³-hybridized carbons (Fsp3) is 0.174. The number of nitrogens with one attached hydrogen (secondary N) is 2. The molecule has 1 unspecified atom stereocenters. The van der Waals surface area contributed by atoms with Crippen molar-refractivity contribution < 1.29 is 14.6 Å². The largest absolute Gasteiger partial charge is 0.457 e. The van der Waals surface area contributed by atoms with Crippen LogP contribution in [0.1, 0.15) is 11.1 Å². The lowest BCUT2D eigenvalue weighted by Gasteiger charge is -2.17. The van der Waals surface area contributed by atoms with Gasteiger partial charge < -0.3 is 20.5 Å². The van der Waals surface area contributed by atoms with E-state index in [4.69, 9.17) is 4.74 Å². The maximum atomic E-state index is 12.2. The lowest BCUT2D eigenvalue weighted by Crippen LogP contribution is -2.41. The highest BCUT2D eigenvalue weighted by Gasteiger charge is 2.12. The molecule has 3 rings (SSSR count). The van der Waals surface area contributed by atoms with E-state index in [1.807, 2.05) is 61.5 Å². The second-order valence-electron chi connectivity index (χ2n) is 6.61. The summed E-state index contributed by atoms with van der Waals surface area (Å²) in [6.45, 7) is 1.88. The van der Waals surface area contributed by atoms with Crippen LogP contribution in [0.15, 0.2) is 78.9 Å². The number of carbonyl (C=O) groups is 1. The molecule has 0 heterocycles. The van der Waals surface area contributed by atoms with Crippen LogP contribution in [-0.4, -0.2) is 23.8 Å². The Morgan fingerprint density at radius 1 is 0.964 bits per heavy atom. The number of aliphatic hydroxyl groups excluding tert-OH is 1. The minimum absolute atomic E-state index is 0.133. The van der Waals surface area contributed by atoms with Crippen LogP contribution in [0.5, 0.6) is 11.5 Å². The van der Waals surface area contributed by atoms with Crippen molar-refractivity contribution in [1.29, 1.82) is 0 Å². The van der Waals surface area contributed by atoms with Gasteiger partial charge in [0, 0.05) is 5.69 Å². The van der Waals surface area contributed by atoms with Crippen LogP contribution in [0.4, 0.5) is 10.5 Å². The summed E-state index contributed by atoms with van der Waals surface area (Å²) >= 11 is 0. The Morgan fingerprint density at radius 3 is 2.39 bits per heavy atom. The molecule has 0 bridgehead atoms. The normalized spacial score (nSPS) is 11.5. The number of anilines is 1. The average molecular weight is 376 g/mol. The van der Waals surface area contributed by atoms with Gasteiger partial charge >= 0.3 is 6.03 Å². The quantitative estimate of drug-likeness (QED) is 0.568. The number of rotatable bonds is 7. The predicted octanol–water partition coefficient (Wildman–Crippen LogP) is 4.51. The van der Waals surface area contributed by atoms with E-state index in [1.165, 1.54) is 0 Å². The van der Waals surface area contributed by atoms with E-state index in [1.54, 1.807) is 24.3 Å². The molecular formula is C23H24N2O3. The SMILES string of the molecule is Cc1cccc(Oc2ccc(NC(=O)NC(CO)Cc3ccccc3)cc2)c1. The summed E-state index contributed by atoms with van der Waals surface area (Å²) in [6, 6.07) is 24.0. The van der Waals surface area contributed by atoms with Crippen molar-refractivity contribution >= 4 is 11.7 Å². The third-order valence-electron chi connectivity index (χ3n) is 4.22. The molecule has 0 saturated heterocycles. The molecule has 5 heteroatoms. The molecule has 0 radical (unpaired) electrons. The first-order chi connectivity index (χ1) is 13.6. The molecule has 28 heavy (non-hydrogen) atoms. The van der Waals surface area contributed by atoms with Crippen molar-refractivity contribution in [1.82, 2.24) is 5.32 Å². The molecule has 0 aliphatic rings. The summed E-state index contributed by atoms with van der Waals surface area (Å²) < 4.78 is 5.81. The topological polar surface area (TPSA) is 70.6 Å². The molecule has 3 N–H and O–H groups in total. The van der Waals surface area contributed by atoms with Gasteiger partial charge in [-0.15, -0.1) is 0 Å². The zero-order valence-corrected chi connectivity index (χ0v) is 15.8. The minimum Gasteiger partial charge on any atom is -0.457 e. The highest BCUT2D eigenvalue weighted by Crippen LogP contribution is 2.23. The molecule has 0 spiro atoms. The van der Waals surface area contributed by atoms with Gasteiger partial charge in [0.25, 0.3) is 0 Å². The lowest BCUT2D eigenvalue weighted by molar-refractivity contribution is 0.224. The number of urea groups is 1. The Kier molecular flexibility index (Phi) is 6.65. The maximum absolute atomic E-state index is 12.2. The van der Waals surface area contributed by atoms with Crippen LogP contribution < -0.4 is 15.4 Å². The van der Waals surface area contributed by atoms with E-state index in [-0.39, 0.29) is 18.7 Å². The van der Waals surface area contributed by atoms with Crippen molar-refractivity contribution in [2.45, 2.75) is 19.4 Å². The standard InChI is InChI=1S/C23H24N2O3/c1-17-6-5-9-22(14-17)28-21-12-10-19(11-13-21)24-23(27)25-20(16-26)15-18-7-3-2-4-8-18/h2-14,20,26H,15-16H2,1H3,(H2,24,25,27). The Balaban J connectivity index is 1.53. The van der Waals surface area contributed by atoms with Crippen molar-refractivity contribution in [3.63, 3.8) is 0 Å². The number of benzene rings is 3. The number of hydrogen-bond acceptors (Lipinski definition) is 3. The molecule has 0 aromatic heterocycles. The molecule has 0 aliphatic heterocycles. The molecule has 5 nitrogen and oxygen atoms in total. The highest BCUT2D eigenvalue weighted by molar-refractivity contribution is 5.89. The van der Waals surface area contributed by atoms with Crippen molar-refractivity contribution in [3.05, 3.63) is 90.0 Å². The van der Waals surface area contributed by atoms with Crippen molar-refractivity contribution in [3.8, 4) is 11.5 Å². The summed E-state index contributed by atoms with van der Waals surface area (Å²) in [4.78, 5) is 12.2. The average Bonchev–Trinajstić information content (AvgIpc) is 2.70. The molecule has 3 aromatic rings. The van der Waals surface area contributed by atoms with Crippen molar-refractivity contribution in [2.24, 2.45) is 0 Å². The summed E-state index contributed by atoms with van der Waals surface area (Å²) in [5.74, 6) is 1.46. The smallest absolute Gasteiger partial charge is 0.319 e. The molecule has 1 atom stereocenters. The second kappa shape index (κ2) is 9.58. The van der Waals surface area contributed by atoms with Gasteiger partial charge in [-0.2, -0.15) is 0 Å². The van der Waals surface area contributed by atoms with Crippen LogP contribution in [0.3, 0.4) is 0 Å². The number of amides is 2. The van der Waals surface area contributed by atoms with Gasteiger partial charge in [0.05, 0.1) is 12.6 Å². The summed E-state index contributed by atoms with van der Waals surface area (Å²) in [5, 5.41) is 15.1. The van der Waals surface area contributed by atoms with Crippen LogP contribution >= 0.6 is 0 Å². The van der Waals surface area contributed by atoms with Gasteiger partial charge in [0.15, 0.2) is 0 Å². The van der Waals surface area contributed by atoms with Crippen LogP contribution in [0.25, 0.3) is 0 Å². The van der Waals surface area contributed by atoms with E-state index in [0.29, 0.717) is 17.9 Å². The summed E-state index contributed by atoms with van der Waals surface area (Å²) in [5.41, 5.74) is 2.83. The number of hydrogen-bond donors (Lipinski definition) is 3. The number of aryl methyl sites for hydroxylation is 1. The molecule has 0 saturated carbocycles. The van der Waals surface area contributed by atoms with Gasteiger partial charge in [-0.05, 0) is 60.9 Å². The Labute approximate surface area is 165 Å². The van der Waals surface area contributed by atoms with Crippen LogP contribution in [0, 0.1) is 6.92 Å². The molecule has 2 amide bonds. The maximum Gasteiger partial charge on any atom is 0.319 e. The third kappa shape index (κ3) is 5.86. The Hall–Kier alpha value is -3.31. The predicted molar refractivity (Wildman–Crippen MR) is 111 cm³/mol. The summed E-state index contributed by atoms with van der Waals surface area (Å²) in [6.07, 6.45) is 0.564. The Morgan fingerprint density at radius 2 is 1.71 bits per heavy atom. The minimum atomic E-state index is -0.359. The molecule has 3 aromatic carbocycles. The van der Waals surface area contributed by atoms with Gasteiger partial charge in [-0.1, -0.05) is 42.5 Å². The first-order valence-corrected chi connectivity index (χ1v) is 9.19. The van der Waals surface area contributed by atoms with Crippen molar-refractivity contribution in [2.75, 3.05) is 11.9 Å². The van der Waals surface area contributed by atoms with E-state index in [0.717, 1.165) is 16.9 Å². The molecule has 0 fully saturated rings. The monoisotopic (exact) mass is 376 g/mol. The first kappa shape index (κ1) is 19.5. The fourth-order valence-corrected chi connectivity index (χ4v) is 2.83. The van der Waals surface area contributed by atoms with Gasteiger partial charge in [-0.25, -0.2) is 4.79 Å². The van der Waals surface area contributed by atoms with Gasteiger partial charge in [0.2, 0.25) is 0 Å². The summed E-state index contributed by atoms with van der Waals surface area (Å²) in [7, 11) is 0. The van der Waals surface area contributed by atoms with E-state index in [9.17, 15) is 9.90 Å². The van der Waals surface area contributed by atoms with E-state index < -0.39 is 0 Å². The first-order valence-electron chi connectivity index (χ1n) is 9.19. The fourth-order valence-electron chi connectivity index (χ4n) is 2.83. The molecule has 144 valence electrons. The lowest BCUT2D eigenvalue weighted by atomic mass is 10.1. The third-order valence-corrected chi connectivity index (χ3v) is 4.22. The van der Waals surface area contributed by atoms with Crippen LogP contribution in [-0.2, 0) is 6.42 Å². The molecular weight excluding hydrogens is 352 g/mol. The van der Waals surface area contributed by atoms with E-state index in [2.05, 4.69) is 10.6 Å². The van der Waals surface area contributed by atoms with Gasteiger partial charge in [-0.3, -0.25) is 0 Å². The zero-order valence-electron chi connectivity index (χ0n) is 15.8. The zero-order chi connectivity index (χ0) is 19.8. The number of ether oxygens (including phenoxy) is 1. The number of carbonyl (C=O) groups excluding carboxylic acids is 1. The Bertz CT molecular complexity index is 895.